The first-order valence-electron chi connectivity index (χ1n) is 11.9. The minimum atomic E-state index is 0.680. The number of rotatable bonds is 6. The predicted octanol–water partition coefficient (Wildman–Crippen LogP) is 8.50. The van der Waals surface area contributed by atoms with Crippen molar-refractivity contribution in [2.75, 3.05) is 0 Å². The normalized spacial score (nSPS) is 38.5. The number of fused-ring (bicyclic) bond motifs is 1. The van der Waals surface area contributed by atoms with Crippen LogP contribution < -0.4 is 0 Å². The van der Waals surface area contributed by atoms with Crippen molar-refractivity contribution >= 4 is 0 Å². The molecule has 0 bridgehead atoms. The SMILES string of the molecule is CCCC(C)CCC1CC(C(C)C)CCCCCCC(C)C2(C)CC12. The summed E-state index contributed by atoms with van der Waals surface area (Å²) in [7, 11) is 0. The minimum Gasteiger partial charge on any atom is -0.0654 e. The highest BCUT2D eigenvalue weighted by atomic mass is 14.6. The van der Waals surface area contributed by atoms with Gasteiger partial charge < -0.3 is 0 Å². The second-order valence-electron chi connectivity index (χ2n) is 10.7. The quantitative estimate of drug-likeness (QED) is 0.451. The highest BCUT2D eigenvalue weighted by Gasteiger charge is 2.55. The summed E-state index contributed by atoms with van der Waals surface area (Å²) in [6.45, 7) is 15.0. The third-order valence-corrected chi connectivity index (χ3v) is 8.36. The molecule has 0 aliphatic heterocycles. The molecular formula is C25H48. The van der Waals surface area contributed by atoms with E-state index in [1.807, 2.05) is 0 Å². The van der Waals surface area contributed by atoms with E-state index in [0.29, 0.717) is 5.41 Å². The molecule has 2 saturated carbocycles. The van der Waals surface area contributed by atoms with Crippen LogP contribution in [0.25, 0.3) is 0 Å². The van der Waals surface area contributed by atoms with Crippen LogP contribution in [0.5, 0.6) is 0 Å². The van der Waals surface area contributed by atoms with Gasteiger partial charge in [0.25, 0.3) is 0 Å². The van der Waals surface area contributed by atoms with Gasteiger partial charge in [0.15, 0.2) is 0 Å². The van der Waals surface area contributed by atoms with E-state index in [2.05, 4.69) is 41.5 Å². The third-order valence-electron chi connectivity index (χ3n) is 8.36. The summed E-state index contributed by atoms with van der Waals surface area (Å²) in [5, 5.41) is 0. The largest absolute Gasteiger partial charge is 0.0654 e. The van der Waals surface area contributed by atoms with E-state index < -0.39 is 0 Å². The van der Waals surface area contributed by atoms with Gasteiger partial charge in [-0.1, -0.05) is 99.3 Å². The molecule has 2 rings (SSSR count). The van der Waals surface area contributed by atoms with E-state index in [1.165, 1.54) is 77.0 Å². The monoisotopic (exact) mass is 348 g/mol. The molecule has 148 valence electrons. The maximum absolute atomic E-state index is 2.64. The maximum atomic E-state index is 2.64. The molecule has 0 heteroatoms. The van der Waals surface area contributed by atoms with Crippen LogP contribution in [0.4, 0.5) is 0 Å². The third kappa shape index (κ3) is 6.00. The summed E-state index contributed by atoms with van der Waals surface area (Å²) in [6.07, 6.45) is 17.7. The average Bonchev–Trinajstić information content (AvgIpc) is 3.24. The Labute approximate surface area is 159 Å². The first-order chi connectivity index (χ1) is 11.9. The predicted molar refractivity (Wildman–Crippen MR) is 113 cm³/mol. The van der Waals surface area contributed by atoms with E-state index in [9.17, 15) is 0 Å². The van der Waals surface area contributed by atoms with Crippen LogP contribution in [0.1, 0.15) is 119 Å². The smallest absolute Gasteiger partial charge is 0.0266 e. The second kappa shape index (κ2) is 9.80. The van der Waals surface area contributed by atoms with Gasteiger partial charge in [-0.25, -0.2) is 0 Å². The van der Waals surface area contributed by atoms with Crippen molar-refractivity contribution < 1.29 is 0 Å². The number of hydrogen-bond donors (Lipinski definition) is 0. The molecule has 0 heterocycles. The van der Waals surface area contributed by atoms with E-state index in [0.717, 1.165) is 35.5 Å². The van der Waals surface area contributed by atoms with Gasteiger partial charge in [0, 0.05) is 0 Å². The topological polar surface area (TPSA) is 0 Å². The van der Waals surface area contributed by atoms with Gasteiger partial charge in [-0.3, -0.25) is 0 Å². The Balaban J connectivity index is 2.05. The molecular weight excluding hydrogens is 300 g/mol. The molecule has 0 aromatic carbocycles. The van der Waals surface area contributed by atoms with Gasteiger partial charge in [-0.05, 0) is 60.2 Å². The van der Waals surface area contributed by atoms with Crippen LogP contribution in [0.15, 0.2) is 0 Å². The summed E-state index contributed by atoms with van der Waals surface area (Å²) >= 11 is 0. The zero-order valence-electron chi connectivity index (χ0n) is 18.4. The average molecular weight is 349 g/mol. The molecule has 6 unspecified atom stereocenters. The van der Waals surface area contributed by atoms with Gasteiger partial charge in [0.05, 0.1) is 0 Å². The minimum absolute atomic E-state index is 0.680. The molecule has 25 heavy (non-hydrogen) atoms. The first-order valence-corrected chi connectivity index (χ1v) is 11.9. The van der Waals surface area contributed by atoms with Crippen LogP contribution in [0.3, 0.4) is 0 Å². The summed E-state index contributed by atoms with van der Waals surface area (Å²) in [4.78, 5) is 0. The Kier molecular flexibility index (Phi) is 8.35. The lowest BCUT2D eigenvalue weighted by molar-refractivity contribution is 0.192. The van der Waals surface area contributed by atoms with Crippen molar-refractivity contribution in [1.82, 2.24) is 0 Å². The molecule has 2 aliphatic carbocycles. The van der Waals surface area contributed by atoms with Crippen LogP contribution in [0.2, 0.25) is 0 Å². The zero-order valence-corrected chi connectivity index (χ0v) is 18.4. The molecule has 0 aromatic heterocycles. The Morgan fingerprint density at radius 1 is 0.960 bits per heavy atom. The van der Waals surface area contributed by atoms with Gasteiger partial charge in [-0.2, -0.15) is 0 Å². The van der Waals surface area contributed by atoms with Crippen molar-refractivity contribution in [1.29, 1.82) is 0 Å². The van der Waals surface area contributed by atoms with Gasteiger partial charge >= 0.3 is 0 Å². The van der Waals surface area contributed by atoms with Crippen molar-refractivity contribution in [3.05, 3.63) is 0 Å². The van der Waals surface area contributed by atoms with E-state index in [-0.39, 0.29) is 0 Å². The molecule has 0 saturated heterocycles. The van der Waals surface area contributed by atoms with Crippen LogP contribution >= 0.6 is 0 Å². The van der Waals surface area contributed by atoms with Crippen molar-refractivity contribution in [2.24, 2.45) is 40.9 Å². The molecule has 0 amide bonds. The molecule has 2 fully saturated rings. The molecule has 6 atom stereocenters. The van der Waals surface area contributed by atoms with Crippen LogP contribution in [-0.4, -0.2) is 0 Å². The molecule has 0 spiro atoms. The van der Waals surface area contributed by atoms with Gasteiger partial charge in [0.1, 0.15) is 0 Å². The molecule has 0 aromatic rings. The van der Waals surface area contributed by atoms with Crippen LogP contribution in [-0.2, 0) is 0 Å². The van der Waals surface area contributed by atoms with Gasteiger partial charge in [0.2, 0.25) is 0 Å². The molecule has 0 radical (unpaired) electrons. The summed E-state index contributed by atoms with van der Waals surface area (Å²) in [5.74, 6) is 5.79. The maximum Gasteiger partial charge on any atom is -0.0266 e. The fourth-order valence-electron chi connectivity index (χ4n) is 5.96. The van der Waals surface area contributed by atoms with Crippen molar-refractivity contribution in [3.63, 3.8) is 0 Å². The molecule has 0 nitrogen and oxygen atoms in total. The first kappa shape index (κ1) is 21.3. The van der Waals surface area contributed by atoms with Crippen molar-refractivity contribution in [2.45, 2.75) is 119 Å². The number of hydrogen-bond acceptors (Lipinski definition) is 0. The van der Waals surface area contributed by atoms with E-state index >= 15 is 0 Å². The van der Waals surface area contributed by atoms with E-state index in [4.69, 9.17) is 0 Å². The standard InChI is InChI=1S/C25H48/c1-7-12-20(4)15-16-23-17-22(19(2)3)14-11-9-8-10-13-21(5)25(6)18-24(23)25/h19-24H,7-18H2,1-6H3. The Bertz CT molecular complexity index is 370. The zero-order chi connectivity index (χ0) is 18.4. The van der Waals surface area contributed by atoms with Gasteiger partial charge in [-0.15, -0.1) is 0 Å². The summed E-state index contributed by atoms with van der Waals surface area (Å²) < 4.78 is 0. The Morgan fingerprint density at radius 2 is 1.64 bits per heavy atom. The summed E-state index contributed by atoms with van der Waals surface area (Å²) in [6, 6.07) is 0. The lowest BCUT2D eigenvalue weighted by Gasteiger charge is -2.31. The fraction of sp³-hybridized carbons (Fsp3) is 1.00. The highest BCUT2D eigenvalue weighted by Crippen LogP contribution is 2.64. The van der Waals surface area contributed by atoms with Crippen LogP contribution in [0, 0.1) is 40.9 Å². The Hall–Kier alpha value is 0. The molecule has 0 N–H and O–H groups in total. The van der Waals surface area contributed by atoms with E-state index in [1.54, 1.807) is 0 Å². The fourth-order valence-corrected chi connectivity index (χ4v) is 5.96. The van der Waals surface area contributed by atoms with Crippen molar-refractivity contribution in [3.8, 4) is 0 Å². The lowest BCUT2D eigenvalue weighted by Crippen LogP contribution is -2.21. The Morgan fingerprint density at radius 3 is 2.28 bits per heavy atom. The molecule has 2 aliphatic rings. The lowest BCUT2D eigenvalue weighted by atomic mass is 9.74. The highest BCUT2D eigenvalue weighted by molar-refractivity contribution is 5.05. The second-order valence-corrected chi connectivity index (χ2v) is 10.7. The summed E-state index contributed by atoms with van der Waals surface area (Å²) in [5.41, 5.74) is 0.680.